The molecule has 0 saturated carbocycles. The van der Waals surface area contributed by atoms with Gasteiger partial charge >= 0.3 is 0 Å². The summed E-state index contributed by atoms with van der Waals surface area (Å²) >= 11 is 0. The predicted molar refractivity (Wildman–Crippen MR) is 135 cm³/mol. The van der Waals surface area contributed by atoms with E-state index in [1.165, 1.54) is 5.56 Å². The van der Waals surface area contributed by atoms with E-state index in [1.54, 1.807) is 4.90 Å². The van der Waals surface area contributed by atoms with Crippen LogP contribution in [0, 0.1) is 5.92 Å². The molecule has 0 spiro atoms. The number of nitrogens with zero attached hydrogens (tertiary/aromatic N) is 1. The van der Waals surface area contributed by atoms with Crippen LogP contribution in [-0.2, 0) is 16.0 Å². The van der Waals surface area contributed by atoms with Gasteiger partial charge < -0.3 is 15.0 Å². The maximum absolute atomic E-state index is 12.8. The lowest BCUT2D eigenvalue weighted by Crippen LogP contribution is -2.28. The minimum atomic E-state index is -0.384. The average Bonchev–Trinajstić information content (AvgIpc) is 3.27. The van der Waals surface area contributed by atoms with Crippen molar-refractivity contribution in [2.45, 2.75) is 19.8 Å². The Morgan fingerprint density at radius 3 is 2.44 bits per heavy atom. The van der Waals surface area contributed by atoms with Crippen LogP contribution in [0.2, 0.25) is 0 Å². The van der Waals surface area contributed by atoms with Gasteiger partial charge in [0.25, 0.3) is 0 Å². The molecule has 4 aromatic rings. The molecule has 2 amide bonds. The lowest BCUT2D eigenvalue weighted by atomic mass is 10.1. The Kier molecular flexibility index (Phi) is 6.00. The number of amides is 2. The number of aryl methyl sites for hydroxylation is 1. The van der Waals surface area contributed by atoms with Crippen molar-refractivity contribution in [3.8, 4) is 11.5 Å². The molecule has 0 unspecified atom stereocenters. The zero-order chi connectivity index (χ0) is 23.5. The van der Waals surface area contributed by atoms with Crippen LogP contribution in [0.3, 0.4) is 0 Å². The van der Waals surface area contributed by atoms with Crippen LogP contribution in [0.1, 0.15) is 18.9 Å². The molecule has 1 fully saturated rings. The van der Waals surface area contributed by atoms with Gasteiger partial charge in [-0.25, -0.2) is 0 Å². The highest BCUT2D eigenvalue weighted by Crippen LogP contribution is 2.31. The number of nitrogens with one attached hydrogen (secondary N) is 1. The molecule has 1 heterocycles. The molecule has 5 nitrogen and oxygen atoms in total. The Labute approximate surface area is 199 Å². The van der Waals surface area contributed by atoms with Crippen LogP contribution < -0.4 is 15.0 Å². The number of ether oxygens (including phenoxy) is 1. The summed E-state index contributed by atoms with van der Waals surface area (Å²) in [4.78, 5) is 27.1. The van der Waals surface area contributed by atoms with Crippen molar-refractivity contribution in [2.75, 3.05) is 16.8 Å². The Morgan fingerprint density at radius 2 is 1.68 bits per heavy atom. The average molecular weight is 451 g/mol. The standard InChI is InChI=1S/C29H26N2O3/c1-2-20-10-14-24(15-11-20)31-19-22(18-28(31)32)29(33)30-23-12-16-25(17-13-23)34-27-9-5-7-21-6-3-4-8-26(21)27/h3-17,22H,2,18-19H2,1H3,(H,30,33)/t22-/m0/s1. The first-order chi connectivity index (χ1) is 16.6. The van der Waals surface area contributed by atoms with Gasteiger partial charge in [-0.2, -0.15) is 0 Å². The van der Waals surface area contributed by atoms with E-state index >= 15 is 0 Å². The van der Waals surface area contributed by atoms with E-state index in [1.807, 2.05) is 78.9 Å². The van der Waals surface area contributed by atoms with E-state index in [0.29, 0.717) is 18.0 Å². The number of rotatable bonds is 6. The monoisotopic (exact) mass is 450 g/mol. The third kappa shape index (κ3) is 4.50. The van der Waals surface area contributed by atoms with Crippen molar-refractivity contribution >= 4 is 34.0 Å². The third-order valence-electron chi connectivity index (χ3n) is 6.25. The zero-order valence-electron chi connectivity index (χ0n) is 19.0. The number of benzene rings is 4. The SMILES string of the molecule is CCc1ccc(N2C[C@@H](C(=O)Nc3ccc(Oc4cccc5ccccc45)cc3)CC2=O)cc1. The van der Waals surface area contributed by atoms with Gasteiger partial charge in [-0.3, -0.25) is 9.59 Å². The predicted octanol–water partition coefficient (Wildman–Crippen LogP) is 6.19. The number of carbonyl (C=O) groups is 2. The molecule has 170 valence electrons. The van der Waals surface area contributed by atoms with Gasteiger partial charge in [0.05, 0.1) is 5.92 Å². The number of fused-ring (bicyclic) bond motifs is 1. The minimum Gasteiger partial charge on any atom is -0.457 e. The van der Waals surface area contributed by atoms with Crippen molar-refractivity contribution in [3.05, 3.63) is 96.6 Å². The van der Waals surface area contributed by atoms with E-state index in [0.717, 1.165) is 28.6 Å². The first kappa shape index (κ1) is 21.7. The Balaban J connectivity index is 1.22. The molecule has 1 saturated heterocycles. The van der Waals surface area contributed by atoms with Crippen LogP contribution in [0.15, 0.2) is 91.0 Å². The molecule has 1 aliphatic rings. The van der Waals surface area contributed by atoms with E-state index in [4.69, 9.17) is 4.74 Å². The van der Waals surface area contributed by atoms with Crippen molar-refractivity contribution < 1.29 is 14.3 Å². The zero-order valence-corrected chi connectivity index (χ0v) is 19.0. The second-order valence-corrected chi connectivity index (χ2v) is 8.52. The number of carbonyl (C=O) groups excluding carboxylic acids is 2. The molecule has 34 heavy (non-hydrogen) atoms. The van der Waals surface area contributed by atoms with Gasteiger partial charge in [-0.1, -0.05) is 55.5 Å². The number of hydrogen-bond donors (Lipinski definition) is 1. The maximum atomic E-state index is 12.8. The largest absolute Gasteiger partial charge is 0.457 e. The van der Waals surface area contributed by atoms with Crippen LogP contribution in [0.5, 0.6) is 11.5 Å². The van der Waals surface area contributed by atoms with Crippen LogP contribution >= 0.6 is 0 Å². The Bertz CT molecular complexity index is 1320. The Hall–Kier alpha value is -4.12. The fraction of sp³-hybridized carbons (Fsp3) is 0.172. The topological polar surface area (TPSA) is 58.6 Å². The summed E-state index contributed by atoms with van der Waals surface area (Å²) in [7, 11) is 0. The highest BCUT2D eigenvalue weighted by atomic mass is 16.5. The smallest absolute Gasteiger partial charge is 0.229 e. The summed E-state index contributed by atoms with van der Waals surface area (Å²) in [5, 5.41) is 5.10. The third-order valence-corrected chi connectivity index (χ3v) is 6.25. The van der Waals surface area contributed by atoms with Crippen molar-refractivity contribution in [2.24, 2.45) is 5.92 Å². The quantitative estimate of drug-likeness (QED) is 0.381. The van der Waals surface area contributed by atoms with Gasteiger partial charge in [0.15, 0.2) is 0 Å². The number of anilines is 2. The molecule has 0 radical (unpaired) electrons. The summed E-state index contributed by atoms with van der Waals surface area (Å²) in [6, 6.07) is 29.3. The molecule has 1 aliphatic heterocycles. The molecule has 4 aromatic carbocycles. The van der Waals surface area contributed by atoms with E-state index in [9.17, 15) is 9.59 Å². The number of hydrogen-bond acceptors (Lipinski definition) is 3. The normalized spacial score (nSPS) is 15.5. The fourth-order valence-corrected chi connectivity index (χ4v) is 4.31. The molecule has 0 bridgehead atoms. The van der Waals surface area contributed by atoms with Crippen LogP contribution in [0.4, 0.5) is 11.4 Å². The van der Waals surface area contributed by atoms with Crippen LogP contribution in [-0.4, -0.2) is 18.4 Å². The van der Waals surface area contributed by atoms with Crippen molar-refractivity contribution in [3.63, 3.8) is 0 Å². The van der Waals surface area contributed by atoms with Gasteiger partial charge in [0.1, 0.15) is 11.5 Å². The molecular formula is C29H26N2O3. The van der Waals surface area contributed by atoms with Crippen molar-refractivity contribution in [1.29, 1.82) is 0 Å². The summed E-state index contributed by atoms with van der Waals surface area (Å²) in [6.45, 7) is 2.48. The van der Waals surface area contributed by atoms with Crippen LogP contribution in [0.25, 0.3) is 10.8 Å². The summed E-state index contributed by atoms with van der Waals surface area (Å²) in [5.74, 6) is 0.912. The molecular weight excluding hydrogens is 424 g/mol. The first-order valence-electron chi connectivity index (χ1n) is 11.6. The van der Waals surface area contributed by atoms with Gasteiger partial charge in [0, 0.05) is 29.7 Å². The molecule has 0 aromatic heterocycles. The second-order valence-electron chi connectivity index (χ2n) is 8.52. The lowest BCUT2D eigenvalue weighted by Gasteiger charge is -2.17. The van der Waals surface area contributed by atoms with Gasteiger partial charge in [0.2, 0.25) is 11.8 Å². The summed E-state index contributed by atoms with van der Waals surface area (Å²) in [6.07, 6.45) is 1.16. The molecule has 5 heteroatoms. The van der Waals surface area contributed by atoms with Crippen molar-refractivity contribution in [1.82, 2.24) is 0 Å². The maximum Gasteiger partial charge on any atom is 0.229 e. The fourth-order valence-electron chi connectivity index (χ4n) is 4.31. The molecule has 0 aliphatic carbocycles. The van der Waals surface area contributed by atoms with E-state index in [-0.39, 0.29) is 24.2 Å². The lowest BCUT2D eigenvalue weighted by molar-refractivity contribution is -0.122. The Morgan fingerprint density at radius 1 is 0.941 bits per heavy atom. The first-order valence-corrected chi connectivity index (χ1v) is 11.6. The molecule has 5 rings (SSSR count). The van der Waals surface area contributed by atoms with Gasteiger partial charge in [-0.05, 0) is 59.8 Å². The second kappa shape index (κ2) is 9.40. The summed E-state index contributed by atoms with van der Waals surface area (Å²) in [5.41, 5.74) is 2.73. The van der Waals surface area contributed by atoms with E-state index in [2.05, 4.69) is 24.4 Å². The highest BCUT2D eigenvalue weighted by Gasteiger charge is 2.35. The molecule has 1 N–H and O–H groups in total. The van der Waals surface area contributed by atoms with Gasteiger partial charge in [-0.15, -0.1) is 0 Å². The summed E-state index contributed by atoms with van der Waals surface area (Å²) < 4.78 is 6.08. The highest BCUT2D eigenvalue weighted by molar-refractivity contribution is 6.03. The minimum absolute atomic E-state index is 0.0248. The van der Waals surface area contributed by atoms with E-state index < -0.39 is 0 Å². The molecule has 1 atom stereocenters.